The van der Waals surface area contributed by atoms with Gasteiger partial charge in [-0.1, -0.05) is 24.3 Å². The van der Waals surface area contributed by atoms with Crippen molar-refractivity contribution in [3.63, 3.8) is 0 Å². The highest BCUT2D eigenvalue weighted by Crippen LogP contribution is 2.35. The summed E-state index contributed by atoms with van der Waals surface area (Å²) in [5.41, 5.74) is 0.610. The maximum atomic E-state index is 14.0. The fourth-order valence-electron chi connectivity index (χ4n) is 3.44. The Bertz CT molecular complexity index is 758. The molecule has 0 spiro atoms. The zero-order valence-corrected chi connectivity index (χ0v) is 13.5. The molecule has 0 radical (unpaired) electrons. The molecule has 1 aliphatic heterocycles. The van der Waals surface area contributed by atoms with Crippen molar-refractivity contribution in [3.8, 4) is 6.07 Å². The monoisotopic (exact) mass is 325 g/mol. The molecule has 1 aliphatic rings. The normalized spacial score (nSPS) is 20.6. The molecule has 0 aliphatic carbocycles. The summed E-state index contributed by atoms with van der Waals surface area (Å²) < 4.78 is 14.0. The molecule has 4 nitrogen and oxygen atoms in total. The van der Waals surface area contributed by atoms with Crippen LogP contribution in [0.2, 0.25) is 0 Å². The van der Waals surface area contributed by atoms with Crippen molar-refractivity contribution in [3.05, 3.63) is 59.5 Å². The van der Waals surface area contributed by atoms with Gasteiger partial charge >= 0.3 is 0 Å². The van der Waals surface area contributed by atoms with Crippen LogP contribution >= 0.6 is 0 Å². The highest BCUT2D eigenvalue weighted by Gasteiger charge is 2.36. The van der Waals surface area contributed by atoms with E-state index in [0.717, 1.165) is 25.2 Å². The standard InChI is InChI=1S/C19H20FN3O/c20-17-7-2-1-5-15(17)11-19(14-24)9-4-10-23(13-19)18-8-3-6-16(12-21)22-18/h1-3,5-8,24H,4,9-11,13-14H2/t19-/m0/s1. The summed E-state index contributed by atoms with van der Waals surface area (Å²) in [5, 5.41) is 19.1. The Morgan fingerprint density at radius 2 is 2.08 bits per heavy atom. The Balaban J connectivity index is 1.84. The number of aliphatic hydroxyl groups is 1. The van der Waals surface area contributed by atoms with E-state index in [0.29, 0.717) is 24.2 Å². The van der Waals surface area contributed by atoms with Crippen molar-refractivity contribution in [2.45, 2.75) is 19.3 Å². The minimum absolute atomic E-state index is 0.00419. The molecule has 3 rings (SSSR count). The van der Waals surface area contributed by atoms with Crippen molar-refractivity contribution < 1.29 is 9.50 Å². The van der Waals surface area contributed by atoms with Gasteiger partial charge in [0.1, 0.15) is 23.4 Å². The van der Waals surface area contributed by atoms with Crippen LogP contribution in [0.3, 0.4) is 0 Å². The number of anilines is 1. The van der Waals surface area contributed by atoms with E-state index in [9.17, 15) is 9.50 Å². The SMILES string of the molecule is N#Cc1cccc(N2CCC[C@](CO)(Cc3ccccc3F)C2)n1. The molecule has 0 saturated carbocycles. The molecule has 1 N–H and O–H groups in total. The maximum absolute atomic E-state index is 14.0. The average Bonchev–Trinajstić information content (AvgIpc) is 2.64. The predicted octanol–water partition coefficient (Wildman–Crippen LogP) is 2.91. The van der Waals surface area contributed by atoms with Crippen LogP contribution in [0.4, 0.5) is 10.2 Å². The van der Waals surface area contributed by atoms with Crippen LogP contribution in [0.1, 0.15) is 24.1 Å². The van der Waals surface area contributed by atoms with Crippen LogP contribution in [0, 0.1) is 22.6 Å². The van der Waals surface area contributed by atoms with Crippen LogP contribution in [-0.2, 0) is 6.42 Å². The molecule has 0 amide bonds. The minimum Gasteiger partial charge on any atom is -0.396 e. The zero-order valence-electron chi connectivity index (χ0n) is 13.5. The number of piperidine rings is 1. The first-order chi connectivity index (χ1) is 11.7. The number of hydrogen-bond acceptors (Lipinski definition) is 4. The Morgan fingerprint density at radius 3 is 2.83 bits per heavy atom. The number of benzene rings is 1. The lowest BCUT2D eigenvalue weighted by atomic mass is 9.75. The number of aliphatic hydroxyl groups excluding tert-OH is 1. The number of rotatable bonds is 4. The summed E-state index contributed by atoms with van der Waals surface area (Å²) in [6.45, 7) is 1.41. The van der Waals surface area contributed by atoms with Crippen LogP contribution in [0.15, 0.2) is 42.5 Å². The minimum atomic E-state index is -0.398. The summed E-state index contributed by atoms with van der Waals surface area (Å²) in [5.74, 6) is 0.507. The van der Waals surface area contributed by atoms with Crippen LogP contribution in [-0.4, -0.2) is 29.8 Å². The van der Waals surface area contributed by atoms with Crippen molar-refractivity contribution in [1.82, 2.24) is 4.98 Å². The van der Waals surface area contributed by atoms with Gasteiger partial charge in [-0.25, -0.2) is 9.37 Å². The van der Waals surface area contributed by atoms with Crippen LogP contribution in [0.5, 0.6) is 0 Å². The number of aromatic nitrogens is 1. The molecule has 0 unspecified atom stereocenters. The van der Waals surface area contributed by atoms with Crippen LogP contribution < -0.4 is 4.90 Å². The van der Waals surface area contributed by atoms with Gasteiger partial charge in [-0.15, -0.1) is 0 Å². The molecule has 1 aromatic heterocycles. The third kappa shape index (κ3) is 3.39. The van der Waals surface area contributed by atoms with Gasteiger partial charge in [0.25, 0.3) is 0 Å². The molecule has 5 heteroatoms. The molecule has 1 atom stereocenters. The lowest BCUT2D eigenvalue weighted by molar-refractivity contribution is 0.104. The summed E-state index contributed by atoms with van der Waals surface area (Å²) >= 11 is 0. The molecular formula is C19H20FN3O. The van der Waals surface area contributed by atoms with E-state index in [1.54, 1.807) is 18.2 Å². The predicted molar refractivity (Wildman–Crippen MR) is 90.0 cm³/mol. The summed E-state index contributed by atoms with van der Waals surface area (Å²) in [6.07, 6.45) is 2.23. The molecule has 1 saturated heterocycles. The number of nitriles is 1. The summed E-state index contributed by atoms with van der Waals surface area (Å²) in [4.78, 5) is 6.43. The fraction of sp³-hybridized carbons (Fsp3) is 0.368. The Labute approximate surface area is 141 Å². The van der Waals surface area contributed by atoms with E-state index in [-0.39, 0.29) is 12.4 Å². The Morgan fingerprint density at radius 1 is 1.25 bits per heavy atom. The molecule has 0 bridgehead atoms. The number of hydrogen-bond donors (Lipinski definition) is 1. The van der Waals surface area contributed by atoms with Crippen LogP contribution in [0.25, 0.3) is 0 Å². The number of halogens is 1. The van der Waals surface area contributed by atoms with Gasteiger partial charge in [-0.3, -0.25) is 0 Å². The summed E-state index contributed by atoms with van der Waals surface area (Å²) in [6, 6.07) is 14.1. The third-order valence-corrected chi connectivity index (χ3v) is 4.69. The highest BCUT2D eigenvalue weighted by molar-refractivity contribution is 5.42. The van der Waals surface area contributed by atoms with Gasteiger partial charge in [0.15, 0.2) is 0 Å². The second-order valence-corrected chi connectivity index (χ2v) is 6.44. The zero-order chi connectivity index (χ0) is 17.0. The van der Waals surface area contributed by atoms with Gasteiger partial charge in [0.05, 0.1) is 6.61 Å². The lowest BCUT2D eigenvalue weighted by Crippen LogP contribution is -2.47. The second kappa shape index (κ2) is 6.98. The van der Waals surface area contributed by atoms with E-state index in [1.807, 2.05) is 18.2 Å². The van der Waals surface area contributed by atoms with Gasteiger partial charge in [-0.2, -0.15) is 5.26 Å². The third-order valence-electron chi connectivity index (χ3n) is 4.69. The molecule has 24 heavy (non-hydrogen) atoms. The maximum Gasteiger partial charge on any atom is 0.142 e. The fourth-order valence-corrected chi connectivity index (χ4v) is 3.44. The van der Waals surface area contributed by atoms with Crippen molar-refractivity contribution in [2.24, 2.45) is 5.41 Å². The van der Waals surface area contributed by atoms with E-state index >= 15 is 0 Å². The van der Waals surface area contributed by atoms with Crippen molar-refractivity contribution in [1.29, 1.82) is 5.26 Å². The topological polar surface area (TPSA) is 60.2 Å². The largest absolute Gasteiger partial charge is 0.396 e. The molecular weight excluding hydrogens is 305 g/mol. The summed E-state index contributed by atoms with van der Waals surface area (Å²) in [7, 11) is 0. The van der Waals surface area contributed by atoms with Gasteiger partial charge in [0, 0.05) is 18.5 Å². The second-order valence-electron chi connectivity index (χ2n) is 6.44. The van der Waals surface area contributed by atoms with E-state index in [2.05, 4.69) is 16.0 Å². The van der Waals surface area contributed by atoms with E-state index in [4.69, 9.17) is 5.26 Å². The molecule has 2 heterocycles. The first-order valence-electron chi connectivity index (χ1n) is 8.12. The van der Waals surface area contributed by atoms with Gasteiger partial charge in [-0.05, 0) is 43.0 Å². The highest BCUT2D eigenvalue weighted by atomic mass is 19.1. The van der Waals surface area contributed by atoms with Crippen molar-refractivity contribution in [2.75, 3.05) is 24.6 Å². The van der Waals surface area contributed by atoms with Crippen molar-refractivity contribution >= 4 is 5.82 Å². The molecule has 2 aromatic rings. The molecule has 1 aromatic carbocycles. The molecule has 124 valence electrons. The molecule has 1 fully saturated rings. The van der Waals surface area contributed by atoms with E-state index < -0.39 is 5.41 Å². The Hall–Kier alpha value is -2.45. The first kappa shape index (κ1) is 16.4. The smallest absolute Gasteiger partial charge is 0.142 e. The Kier molecular flexibility index (Phi) is 4.77. The quantitative estimate of drug-likeness (QED) is 0.939. The number of nitrogens with zero attached hydrogens (tertiary/aromatic N) is 3. The number of pyridine rings is 1. The first-order valence-corrected chi connectivity index (χ1v) is 8.12. The average molecular weight is 325 g/mol. The van der Waals surface area contributed by atoms with Gasteiger partial charge < -0.3 is 10.0 Å². The van der Waals surface area contributed by atoms with Gasteiger partial charge in [0.2, 0.25) is 0 Å². The van der Waals surface area contributed by atoms with E-state index in [1.165, 1.54) is 6.07 Å². The lowest BCUT2D eigenvalue weighted by Gasteiger charge is -2.42.